The first kappa shape index (κ1) is 29.3. The maximum absolute atomic E-state index is 5.05. The van der Waals surface area contributed by atoms with Gasteiger partial charge in [-0.1, -0.05) is 109 Å². The van der Waals surface area contributed by atoms with Gasteiger partial charge < -0.3 is 0 Å². The summed E-state index contributed by atoms with van der Waals surface area (Å²) in [4.78, 5) is 10.1. The van der Waals surface area contributed by atoms with Gasteiger partial charge in [0.15, 0.2) is 0 Å². The molecule has 0 aliphatic heterocycles. The van der Waals surface area contributed by atoms with Gasteiger partial charge in [-0.3, -0.25) is 0 Å². The number of hydrogen-bond acceptors (Lipinski definition) is 4. The van der Waals surface area contributed by atoms with Crippen LogP contribution in [0.1, 0.15) is 23.6 Å². The van der Waals surface area contributed by atoms with E-state index in [1.54, 1.807) is 22.7 Å². The molecule has 50 heavy (non-hydrogen) atoms. The summed E-state index contributed by atoms with van der Waals surface area (Å²) < 4.78 is 2.38. The summed E-state index contributed by atoms with van der Waals surface area (Å²) in [5.74, 6) is 0. The summed E-state index contributed by atoms with van der Waals surface area (Å²) in [6.07, 6.45) is 0. The predicted octanol–water partition coefficient (Wildman–Crippen LogP) is 12.9. The van der Waals surface area contributed by atoms with Gasteiger partial charge in [-0.05, 0) is 112 Å². The third kappa shape index (κ3) is 4.68. The first-order valence-corrected chi connectivity index (χ1v) is 18.5. The minimum Gasteiger partial charge on any atom is -0.236 e. The molecular formula is C46H30N2S2. The van der Waals surface area contributed by atoms with Gasteiger partial charge in [-0.15, -0.1) is 22.7 Å². The Bertz CT molecular complexity index is 2580. The molecule has 4 heteroatoms. The number of benzene rings is 7. The molecule has 0 radical (unpaired) electrons. The number of nitrogens with zero attached hydrogens (tertiary/aromatic N) is 2. The Hall–Kier alpha value is -5.68. The lowest BCUT2D eigenvalue weighted by Crippen LogP contribution is -2.22. The van der Waals surface area contributed by atoms with E-state index in [4.69, 9.17) is 9.97 Å². The number of aromatic nitrogens is 2. The zero-order chi connectivity index (χ0) is 33.2. The Morgan fingerprint density at radius 1 is 0.400 bits per heavy atom. The smallest absolute Gasteiger partial charge is 0.124 e. The van der Waals surface area contributed by atoms with Crippen molar-refractivity contribution in [3.05, 3.63) is 180 Å². The molecule has 1 atom stereocenters. The van der Waals surface area contributed by atoms with Crippen LogP contribution < -0.4 is 0 Å². The molecule has 7 aromatic carbocycles. The molecule has 236 valence electrons. The third-order valence-corrected chi connectivity index (χ3v) is 12.4. The summed E-state index contributed by atoms with van der Waals surface area (Å²) in [7, 11) is 0. The molecule has 1 aliphatic carbocycles. The molecule has 10 rings (SSSR count). The van der Waals surface area contributed by atoms with E-state index in [2.05, 4.69) is 171 Å². The number of hydrogen-bond donors (Lipinski definition) is 0. The average molecular weight is 675 g/mol. The number of para-hydroxylation sites is 2. The average Bonchev–Trinajstić information content (AvgIpc) is 3.89. The quantitative estimate of drug-likeness (QED) is 0.182. The lowest BCUT2D eigenvalue weighted by atomic mass is 9.74. The van der Waals surface area contributed by atoms with Crippen molar-refractivity contribution in [1.29, 1.82) is 0 Å². The second-order valence-electron chi connectivity index (χ2n) is 13.2. The Kier molecular flexibility index (Phi) is 6.70. The lowest BCUT2D eigenvalue weighted by molar-refractivity contribution is 0.714. The van der Waals surface area contributed by atoms with Gasteiger partial charge in [0.2, 0.25) is 0 Å². The van der Waals surface area contributed by atoms with Crippen molar-refractivity contribution in [1.82, 2.24) is 9.97 Å². The zero-order valence-electron chi connectivity index (χ0n) is 27.3. The molecule has 0 amide bonds. The summed E-state index contributed by atoms with van der Waals surface area (Å²) in [6.45, 7) is 2.38. The van der Waals surface area contributed by atoms with Crippen molar-refractivity contribution in [3.8, 4) is 54.5 Å². The maximum atomic E-state index is 5.05. The Labute approximate surface area is 299 Å². The molecule has 0 fully saturated rings. The van der Waals surface area contributed by atoms with Gasteiger partial charge in [-0.2, -0.15) is 0 Å². The molecule has 0 bridgehead atoms. The first-order valence-electron chi connectivity index (χ1n) is 16.9. The molecule has 0 N–H and O–H groups in total. The topological polar surface area (TPSA) is 25.8 Å². The van der Waals surface area contributed by atoms with Gasteiger partial charge in [0.25, 0.3) is 0 Å². The fourth-order valence-electron chi connectivity index (χ4n) is 7.66. The van der Waals surface area contributed by atoms with Crippen molar-refractivity contribution < 1.29 is 0 Å². The third-order valence-electron chi connectivity index (χ3n) is 10.2. The number of rotatable bonds is 5. The summed E-state index contributed by atoms with van der Waals surface area (Å²) in [5, 5.41) is 2.04. The van der Waals surface area contributed by atoms with E-state index in [0.717, 1.165) is 37.7 Å². The van der Waals surface area contributed by atoms with Crippen LogP contribution in [-0.4, -0.2) is 9.97 Å². The standard InChI is InChI=1S/C46H30N2S2/c1-46(35-14-3-2-4-15-35)38-17-6-5-16-36(38)37-23-22-31(28-39(37)46)29-12-11-13-30(24-29)32-25-33(44-47-40-18-7-9-20-42(40)49-44)27-34(26-32)45-48-41-19-8-10-21-43(41)50-45/h2-28H,1H3. The van der Waals surface area contributed by atoms with Crippen LogP contribution in [0.2, 0.25) is 0 Å². The summed E-state index contributed by atoms with van der Waals surface area (Å²) in [6, 6.07) is 59.4. The van der Waals surface area contributed by atoms with E-state index in [0.29, 0.717) is 0 Å². The van der Waals surface area contributed by atoms with Crippen LogP contribution in [0.3, 0.4) is 0 Å². The van der Waals surface area contributed by atoms with Gasteiger partial charge >= 0.3 is 0 Å². The summed E-state index contributed by atoms with van der Waals surface area (Å²) in [5.41, 5.74) is 15.4. The number of thiazole rings is 2. The second kappa shape index (κ2) is 11.4. The Balaban J connectivity index is 1.11. The van der Waals surface area contributed by atoms with Crippen LogP contribution >= 0.6 is 22.7 Å². The van der Waals surface area contributed by atoms with E-state index >= 15 is 0 Å². The molecule has 9 aromatic rings. The molecule has 2 heterocycles. The predicted molar refractivity (Wildman–Crippen MR) is 212 cm³/mol. The molecule has 1 aliphatic rings. The van der Waals surface area contributed by atoms with Crippen molar-refractivity contribution in [2.24, 2.45) is 0 Å². The highest BCUT2D eigenvalue weighted by Crippen LogP contribution is 2.53. The normalized spacial score (nSPS) is 15.0. The van der Waals surface area contributed by atoms with Crippen LogP contribution in [0.25, 0.3) is 75.0 Å². The van der Waals surface area contributed by atoms with Crippen LogP contribution in [0.4, 0.5) is 0 Å². The van der Waals surface area contributed by atoms with Gasteiger partial charge in [0.05, 0.1) is 20.4 Å². The van der Waals surface area contributed by atoms with Crippen molar-refractivity contribution in [2.75, 3.05) is 0 Å². The number of fused-ring (bicyclic) bond motifs is 5. The molecule has 0 spiro atoms. The van der Waals surface area contributed by atoms with E-state index < -0.39 is 0 Å². The van der Waals surface area contributed by atoms with Crippen molar-refractivity contribution in [2.45, 2.75) is 12.3 Å². The fraction of sp³-hybridized carbons (Fsp3) is 0.0435. The van der Waals surface area contributed by atoms with Crippen LogP contribution in [0.5, 0.6) is 0 Å². The van der Waals surface area contributed by atoms with E-state index in [9.17, 15) is 0 Å². The molecule has 2 nitrogen and oxygen atoms in total. The minimum absolute atomic E-state index is 0.238. The van der Waals surface area contributed by atoms with E-state index in [-0.39, 0.29) is 5.41 Å². The van der Waals surface area contributed by atoms with Gasteiger partial charge in [0.1, 0.15) is 10.0 Å². The Morgan fingerprint density at radius 2 is 0.920 bits per heavy atom. The summed E-state index contributed by atoms with van der Waals surface area (Å²) >= 11 is 3.48. The maximum Gasteiger partial charge on any atom is 0.124 e. The molecule has 2 aromatic heterocycles. The van der Waals surface area contributed by atoms with Crippen molar-refractivity contribution in [3.63, 3.8) is 0 Å². The molecular weight excluding hydrogens is 645 g/mol. The zero-order valence-corrected chi connectivity index (χ0v) is 28.9. The molecule has 1 unspecified atom stereocenters. The SMILES string of the molecule is CC1(c2ccccc2)c2ccccc2-c2ccc(-c3cccc(-c4cc(-c5nc6ccccc6s5)cc(-c5nc6ccccc6s5)c4)c3)cc21. The molecule has 0 saturated heterocycles. The van der Waals surface area contributed by atoms with Crippen LogP contribution in [0.15, 0.2) is 164 Å². The largest absolute Gasteiger partial charge is 0.236 e. The Morgan fingerprint density at radius 3 is 1.60 bits per heavy atom. The van der Waals surface area contributed by atoms with Crippen LogP contribution in [0, 0.1) is 0 Å². The van der Waals surface area contributed by atoms with Crippen LogP contribution in [-0.2, 0) is 5.41 Å². The first-order chi connectivity index (χ1) is 24.6. The highest BCUT2D eigenvalue weighted by molar-refractivity contribution is 7.22. The van der Waals surface area contributed by atoms with Gasteiger partial charge in [-0.25, -0.2) is 9.97 Å². The van der Waals surface area contributed by atoms with E-state index in [1.165, 1.54) is 53.9 Å². The lowest BCUT2D eigenvalue weighted by Gasteiger charge is -2.28. The molecule has 0 saturated carbocycles. The highest BCUT2D eigenvalue weighted by Gasteiger charge is 2.40. The second-order valence-corrected chi connectivity index (χ2v) is 15.2. The minimum atomic E-state index is -0.238. The fourth-order valence-corrected chi connectivity index (χ4v) is 9.57. The van der Waals surface area contributed by atoms with Gasteiger partial charge in [0, 0.05) is 16.5 Å². The van der Waals surface area contributed by atoms with Crippen molar-refractivity contribution >= 4 is 43.1 Å². The highest BCUT2D eigenvalue weighted by atomic mass is 32.1. The monoisotopic (exact) mass is 674 g/mol. The van der Waals surface area contributed by atoms with E-state index in [1.807, 2.05) is 0 Å².